The van der Waals surface area contributed by atoms with Gasteiger partial charge in [-0.05, 0) is 35.7 Å². The summed E-state index contributed by atoms with van der Waals surface area (Å²) in [7, 11) is 1.81. The number of halogens is 1. The molecule has 168 valence electrons. The summed E-state index contributed by atoms with van der Waals surface area (Å²) in [5.74, 6) is 0.850. The Labute approximate surface area is 206 Å². The van der Waals surface area contributed by atoms with Crippen molar-refractivity contribution in [2.24, 2.45) is 7.05 Å². The number of amides is 1. The summed E-state index contributed by atoms with van der Waals surface area (Å²) in [6, 6.07) is 21.1. The highest BCUT2D eigenvalue weighted by Crippen LogP contribution is 2.35. The van der Waals surface area contributed by atoms with E-state index in [0.29, 0.717) is 22.3 Å². The zero-order chi connectivity index (χ0) is 23.5. The first-order valence-electron chi connectivity index (χ1n) is 10.6. The predicted octanol–water partition coefficient (Wildman–Crippen LogP) is 6.23. The summed E-state index contributed by atoms with van der Waals surface area (Å²) in [5.41, 5.74) is 3.16. The van der Waals surface area contributed by atoms with Crippen molar-refractivity contribution in [1.82, 2.24) is 19.7 Å². The molecule has 0 spiro atoms. The largest absolute Gasteiger partial charge is 0.307 e. The number of aryl methyl sites for hydroxylation is 1. The molecule has 0 fully saturated rings. The number of carbonyl (C=O) groups is 1. The SMILES string of the molecule is Cn1nc(-c2cccnc2)c(CSc2ccccc2C(=O)Nc2cc3ccccc3cn2)c1Cl. The van der Waals surface area contributed by atoms with Crippen molar-refractivity contribution < 1.29 is 4.79 Å². The van der Waals surface area contributed by atoms with Gasteiger partial charge in [-0.15, -0.1) is 11.8 Å². The molecule has 0 saturated heterocycles. The third-order valence-corrected chi connectivity index (χ3v) is 6.95. The van der Waals surface area contributed by atoms with Crippen molar-refractivity contribution in [3.05, 3.63) is 102 Å². The molecule has 0 atom stereocenters. The number of anilines is 1. The summed E-state index contributed by atoms with van der Waals surface area (Å²) in [4.78, 5) is 22.6. The number of nitrogens with zero attached hydrogens (tertiary/aromatic N) is 4. The van der Waals surface area contributed by atoms with E-state index in [1.165, 1.54) is 11.8 Å². The van der Waals surface area contributed by atoms with E-state index in [1.807, 2.05) is 73.8 Å². The molecule has 0 aliphatic heterocycles. The average Bonchev–Trinajstić information content (AvgIpc) is 3.16. The van der Waals surface area contributed by atoms with Gasteiger partial charge in [0.1, 0.15) is 11.0 Å². The van der Waals surface area contributed by atoms with Gasteiger partial charge in [-0.1, -0.05) is 48.0 Å². The topological polar surface area (TPSA) is 72.7 Å². The molecule has 8 heteroatoms. The van der Waals surface area contributed by atoms with E-state index in [9.17, 15) is 4.79 Å². The Hall–Kier alpha value is -3.68. The maximum Gasteiger partial charge on any atom is 0.257 e. The standard InChI is InChI=1S/C26H20ClN5OS/c1-32-25(27)21(24(31-32)19-9-6-12-28-14-19)16-34-22-11-5-4-10-20(22)26(33)30-23-13-17-7-2-3-8-18(17)15-29-23/h2-15H,16H2,1H3,(H,29,30,33). The molecular weight excluding hydrogens is 466 g/mol. The van der Waals surface area contributed by atoms with Crippen LogP contribution in [0.5, 0.6) is 0 Å². The Morgan fingerprint density at radius 3 is 2.65 bits per heavy atom. The van der Waals surface area contributed by atoms with Crippen molar-refractivity contribution in [2.75, 3.05) is 5.32 Å². The number of fused-ring (bicyclic) bond motifs is 1. The number of rotatable bonds is 6. The van der Waals surface area contributed by atoms with Crippen molar-refractivity contribution >= 4 is 45.9 Å². The van der Waals surface area contributed by atoms with Crippen LogP contribution in [0.25, 0.3) is 22.0 Å². The Morgan fingerprint density at radius 1 is 1.03 bits per heavy atom. The van der Waals surface area contributed by atoms with Gasteiger partial charge in [0, 0.05) is 52.8 Å². The van der Waals surface area contributed by atoms with Crippen LogP contribution in [0, 0.1) is 0 Å². The van der Waals surface area contributed by atoms with Crippen molar-refractivity contribution in [2.45, 2.75) is 10.6 Å². The number of hydrogen-bond acceptors (Lipinski definition) is 5. The molecule has 0 saturated carbocycles. The van der Waals surface area contributed by atoms with Gasteiger partial charge in [0.25, 0.3) is 5.91 Å². The number of pyridine rings is 2. The minimum absolute atomic E-state index is 0.212. The lowest BCUT2D eigenvalue weighted by Gasteiger charge is -2.10. The maximum atomic E-state index is 13.1. The first kappa shape index (κ1) is 22.1. The van der Waals surface area contributed by atoms with Crippen molar-refractivity contribution in [3.8, 4) is 11.3 Å². The van der Waals surface area contributed by atoms with Gasteiger partial charge < -0.3 is 5.32 Å². The van der Waals surface area contributed by atoms with Gasteiger partial charge in [0.15, 0.2) is 0 Å². The van der Waals surface area contributed by atoms with Gasteiger partial charge in [-0.3, -0.25) is 14.5 Å². The van der Waals surface area contributed by atoms with Gasteiger partial charge >= 0.3 is 0 Å². The molecule has 1 amide bonds. The van der Waals surface area contributed by atoms with E-state index >= 15 is 0 Å². The Morgan fingerprint density at radius 2 is 1.82 bits per heavy atom. The third-order valence-electron chi connectivity index (χ3n) is 5.38. The van der Waals surface area contributed by atoms with Gasteiger partial charge in [-0.2, -0.15) is 5.10 Å². The first-order chi connectivity index (χ1) is 16.6. The summed E-state index contributed by atoms with van der Waals surface area (Å²) < 4.78 is 1.66. The van der Waals surface area contributed by atoms with Crippen molar-refractivity contribution in [3.63, 3.8) is 0 Å². The molecule has 0 bridgehead atoms. The quantitative estimate of drug-likeness (QED) is 0.289. The van der Waals surface area contributed by atoms with Gasteiger partial charge in [-0.25, -0.2) is 4.98 Å². The van der Waals surface area contributed by atoms with Crippen LogP contribution in [0.1, 0.15) is 15.9 Å². The van der Waals surface area contributed by atoms with Crippen LogP contribution in [-0.4, -0.2) is 25.7 Å². The minimum atomic E-state index is -0.212. The second kappa shape index (κ2) is 9.67. The molecule has 1 N–H and O–H groups in total. The normalized spacial score (nSPS) is 11.0. The smallest absolute Gasteiger partial charge is 0.257 e. The number of carbonyl (C=O) groups excluding carboxylic acids is 1. The highest BCUT2D eigenvalue weighted by atomic mass is 35.5. The lowest BCUT2D eigenvalue weighted by molar-refractivity contribution is 0.102. The Bertz CT molecular complexity index is 1490. The molecule has 0 unspecified atom stereocenters. The molecule has 0 aliphatic rings. The van der Waals surface area contributed by atoms with E-state index in [1.54, 1.807) is 23.3 Å². The highest BCUT2D eigenvalue weighted by molar-refractivity contribution is 7.98. The fraction of sp³-hybridized carbons (Fsp3) is 0.0769. The average molecular weight is 486 g/mol. The lowest BCUT2D eigenvalue weighted by Crippen LogP contribution is -2.14. The van der Waals surface area contributed by atoms with Crippen LogP contribution in [0.2, 0.25) is 5.15 Å². The third kappa shape index (κ3) is 4.53. The molecule has 3 heterocycles. The fourth-order valence-electron chi connectivity index (χ4n) is 3.68. The molecular formula is C26H20ClN5OS. The number of thioether (sulfide) groups is 1. The van der Waals surface area contributed by atoms with Crippen LogP contribution >= 0.6 is 23.4 Å². The molecule has 3 aromatic heterocycles. The van der Waals surface area contributed by atoms with Crippen LogP contribution in [0.15, 0.2) is 90.2 Å². The monoisotopic (exact) mass is 485 g/mol. The second-order valence-electron chi connectivity index (χ2n) is 7.64. The zero-order valence-electron chi connectivity index (χ0n) is 18.3. The Kier molecular flexibility index (Phi) is 6.29. The molecule has 2 aromatic carbocycles. The van der Waals surface area contributed by atoms with Crippen molar-refractivity contribution in [1.29, 1.82) is 0 Å². The molecule has 0 radical (unpaired) electrons. The number of aromatic nitrogens is 4. The summed E-state index contributed by atoms with van der Waals surface area (Å²) in [5, 5.41) is 10.1. The molecule has 34 heavy (non-hydrogen) atoms. The summed E-state index contributed by atoms with van der Waals surface area (Å²) in [6.07, 6.45) is 5.25. The van der Waals surface area contributed by atoms with E-state index in [4.69, 9.17) is 11.6 Å². The predicted molar refractivity (Wildman–Crippen MR) is 137 cm³/mol. The fourth-order valence-corrected chi connectivity index (χ4v) is 5.01. The van der Waals surface area contributed by atoms with E-state index in [2.05, 4.69) is 20.4 Å². The second-order valence-corrected chi connectivity index (χ2v) is 9.01. The van der Waals surface area contributed by atoms with Crippen LogP contribution in [-0.2, 0) is 12.8 Å². The maximum absolute atomic E-state index is 13.1. The van der Waals surface area contributed by atoms with Gasteiger partial charge in [0.05, 0.1) is 11.3 Å². The molecule has 6 nitrogen and oxygen atoms in total. The number of hydrogen-bond donors (Lipinski definition) is 1. The first-order valence-corrected chi connectivity index (χ1v) is 12.0. The molecule has 5 rings (SSSR count). The lowest BCUT2D eigenvalue weighted by atomic mass is 10.1. The van der Waals surface area contributed by atoms with Crippen LogP contribution in [0.3, 0.4) is 0 Å². The molecule has 0 aliphatic carbocycles. The van der Waals surface area contributed by atoms with E-state index in [0.717, 1.165) is 32.5 Å². The van der Waals surface area contributed by atoms with Gasteiger partial charge in [0.2, 0.25) is 0 Å². The molecule has 5 aromatic rings. The van der Waals surface area contributed by atoms with Crippen LogP contribution < -0.4 is 5.32 Å². The highest BCUT2D eigenvalue weighted by Gasteiger charge is 2.19. The minimum Gasteiger partial charge on any atom is -0.307 e. The summed E-state index contributed by atoms with van der Waals surface area (Å²) >= 11 is 8.11. The Balaban J connectivity index is 1.38. The summed E-state index contributed by atoms with van der Waals surface area (Å²) in [6.45, 7) is 0. The van der Waals surface area contributed by atoms with E-state index in [-0.39, 0.29) is 5.91 Å². The number of nitrogens with one attached hydrogen (secondary N) is 1. The van der Waals surface area contributed by atoms with Crippen LogP contribution in [0.4, 0.5) is 5.82 Å². The van der Waals surface area contributed by atoms with E-state index < -0.39 is 0 Å². The number of benzene rings is 2. The zero-order valence-corrected chi connectivity index (χ0v) is 19.8.